The van der Waals surface area contributed by atoms with Crippen LogP contribution in [0.15, 0.2) is 24.3 Å². The molecule has 128 valence electrons. The van der Waals surface area contributed by atoms with Gasteiger partial charge in [0, 0.05) is 18.1 Å². The van der Waals surface area contributed by atoms with Crippen LogP contribution in [0.4, 0.5) is 5.69 Å². The largest absolute Gasteiger partial charge is 0.395 e. The maximum Gasteiger partial charge on any atom is 0.238 e. The fraction of sp³-hybridized carbons (Fsp3) is 0.533. The van der Waals surface area contributed by atoms with Gasteiger partial charge in [0.15, 0.2) is 0 Å². The Morgan fingerprint density at radius 1 is 1.22 bits per heavy atom. The molecule has 1 saturated heterocycles. The van der Waals surface area contributed by atoms with Crippen molar-refractivity contribution in [1.29, 1.82) is 0 Å². The summed E-state index contributed by atoms with van der Waals surface area (Å²) in [5, 5.41) is 41.3. The average molecular weight is 345 g/mol. The van der Waals surface area contributed by atoms with Gasteiger partial charge in [0.05, 0.1) is 25.3 Å². The Hall–Kier alpha value is -1.22. The molecular weight excluding hydrogens is 324 g/mol. The minimum atomic E-state index is -1.34. The van der Waals surface area contributed by atoms with Crippen molar-refractivity contribution >= 4 is 23.2 Å². The highest BCUT2D eigenvalue weighted by atomic mass is 35.5. The first kappa shape index (κ1) is 18.1. The van der Waals surface area contributed by atoms with Crippen molar-refractivity contribution in [1.82, 2.24) is 4.90 Å². The van der Waals surface area contributed by atoms with E-state index < -0.39 is 31.0 Å². The molecule has 5 N–H and O–H groups in total. The zero-order valence-electron chi connectivity index (χ0n) is 12.5. The summed E-state index contributed by atoms with van der Waals surface area (Å²) >= 11 is 5.70. The van der Waals surface area contributed by atoms with E-state index in [0.717, 1.165) is 5.56 Å². The zero-order chi connectivity index (χ0) is 17.0. The lowest BCUT2D eigenvalue weighted by atomic mass is 9.94. The lowest BCUT2D eigenvalue weighted by Gasteiger charge is -2.42. The van der Waals surface area contributed by atoms with E-state index in [1.165, 1.54) is 4.90 Å². The van der Waals surface area contributed by atoms with Gasteiger partial charge in [-0.3, -0.25) is 9.69 Å². The van der Waals surface area contributed by atoms with Gasteiger partial charge in [-0.1, -0.05) is 12.1 Å². The Bertz CT molecular complexity index is 527. The summed E-state index contributed by atoms with van der Waals surface area (Å²) < 4.78 is 0. The van der Waals surface area contributed by atoms with Crippen molar-refractivity contribution in [2.24, 2.45) is 0 Å². The molecule has 0 aromatic heterocycles. The molecule has 1 aliphatic heterocycles. The molecule has 23 heavy (non-hydrogen) atoms. The topological polar surface area (TPSA) is 113 Å². The summed E-state index contributed by atoms with van der Waals surface area (Å²) in [7, 11) is 0. The van der Waals surface area contributed by atoms with Gasteiger partial charge in [-0.05, 0) is 17.7 Å². The highest BCUT2D eigenvalue weighted by Crippen LogP contribution is 2.19. The van der Waals surface area contributed by atoms with Gasteiger partial charge >= 0.3 is 0 Å². The number of carbonyl (C=O) groups excluding carboxylic acids is 1. The van der Waals surface area contributed by atoms with Crippen molar-refractivity contribution in [3.05, 3.63) is 29.8 Å². The van der Waals surface area contributed by atoms with Crippen LogP contribution in [0, 0.1) is 0 Å². The molecule has 1 fully saturated rings. The van der Waals surface area contributed by atoms with Gasteiger partial charge in [0.2, 0.25) is 5.91 Å². The summed E-state index contributed by atoms with van der Waals surface area (Å²) in [6, 6.07) is 6.23. The molecule has 1 aromatic carbocycles. The van der Waals surface area contributed by atoms with Crippen LogP contribution in [0.5, 0.6) is 0 Å². The highest BCUT2D eigenvalue weighted by Gasteiger charge is 2.41. The molecule has 0 spiro atoms. The number of piperidine rings is 1. The predicted molar refractivity (Wildman–Crippen MR) is 85.1 cm³/mol. The van der Waals surface area contributed by atoms with Crippen LogP contribution in [0.25, 0.3) is 0 Å². The number of amides is 1. The number of likely N-dealkylation sites (tertiary alicyclic amines) is 1. The second-order valence-electron chi connectivity index (χ2n) is 5.61. The molecule has 1 heterocycles. The first-order chi connectivity index (χ1) is 11.0. The van der Waals surface area contributed by atoms with Gasteiger partial charge in [0.1, 0.15) is 12.2 Å². The Labute approximate surface area is 139 Å². The summed E-state index contributed by atoms with van der Waals surface area (Å²) in [6.07, 6.45) is -3.84. The van der Waals surface area contributed by atoms with E-state index in [1.807, 2.05) is 0 Å². The summed E-state index contributed by atoms with van der Waals surface area (Å²) in [5.74, 6) is 0.0380. The van der Waals surface area contributed by atoms with Gasteiger partial charge in [-0.15, -0.1) is 11.6 Å². The average Bonchev–Trinajstić information content (AvgIpc) is 2.54. The van der Waals surface area contributed by atoms with Gasteiger partial charge in [-0.2, -0.15) is 0 Å². The van der Waals surface area contributed by atoms with E-state index in [4.69, 9.17) is 11.6 Å². The maximum absolute atomic E-state index is 12.1. The number of rotatable bonds is 5. The lowest BCUT2D eigenvalue weighted by Crippen LogP contribution is -2.63. The molecule has 1 aliphatic rings. The molecule has 0 saturated carbocycles. The number of halogens is 1. The summed E-state index contributed by atoms with van der Waals surface area (Å²) in [6.45, 7) is -0.561. The second-order valence-corrected chi connectivity index (χ2v) is 5.87. The highest BCUT2D eigenvalue weighted by molar-refractivity contribution is 6.17. The van der Waals surface area contributed by atoms with Gasteiger partial charge < -0.3 is 25.7 Å². The molecule has 2 rings (SSSR count). The predicted octanol–water partition coefficient (Wildman–Crippen LogP) is -0.877. The Morgan fingerprint density at radius 2 is 1.87 bits per heavy atom. The molecule has 0 bridgehead atoms. The van der Waals surface area contributed by atoms with Crippen LogP contribution < -0.4 is 5.32 Å². The number of anilines is 1. The third kappa shape index (κ3) is 4.41. The van der Waals surface area contributed by atoms with E-state index >= 15 is 0 Å². The first-order valence-electron chi connectivity index (χ1n) is 7.30. The number of β-amino-alcohol motifs (C(OH)–C–C–N with tert-alkyl or cyclic N) is 1. The third-order valence-electron chi connectivity index (χ3n) is 3.95. The fourth-order valence-corrected chi connectivity index (χ4v) is 2.80. The smallest absolute Gasteiger partial charge is 0.238 e. The van der Waals surface area contributed by atoms with Crippen molar-refractivity contribution in [2.75, 3.05) is 25.0 Å². The van der Waals surface area contributed by atoms with Crippen LogP contribution >= 0.6 is 11.6 Å². The minimum absolute atomic E-state index is 0.0118. The molecule has 1 amide bonds. The molecule has 1 aromatic rings. The van der Waals surface area contributed by atoms with Gasteiger partial charge in [-0.25, -0.2) is 0 Å². The van der Waals surface area contributed by atoms with Crippen LogP contribution in [0.2, 0.25) is 0 Å². The number of hydrogen-bond acceptors (Lipinski definition) is 6. The number of benzene rings is 1. The molecule has 8 heteroatoms. The van der Waals surface area contributed by atoms with Crippen molar-refractivity contribution in [2.45, 2.75) is 30.2 Å². The zero-order valence-corrected chi connectivity index (χ0v) is 13.2. The monoisotopic (exact) mass is 344 g/mol. The quantitative estimate of drug-likeness (QED) is 0.443. The maximum atomic E-state index is 12.1. The second kappa shape index (κ2) is 8.05. The molecular formula is C15H21ClN2O5. The van der Waals surface area contributed by atoms with Crippen LogP contribution in [-0.2, 0) is 10.7 Å². The van der Waals surface area contributed by atoms with E-state index in [9.17, 15) is 25.2 Å². The Kier molecular flexibility index (Phi) is 6.34. The fourth-order valence-electron chi connectivity index (χ4n) is 2.62. The molecule has 4 atom stereocenters. The number of alkyl halides is 1. The van der Waals surface area contributed by atoms with E-state index in [2.05, 4.69) is 5.32 Å². The molecule has 0 radical (unpaired) electrons. The Balaban J connectivity index is 1.97. The third-order valence-corrected chi connectivity index (χ3v) is 4.26. The number of nitrogens with zero attached hydrogens (tertiary/aromatic N) is 1. The van der Waals surface area contributed by atoms with Gasteiger partial charge in [0.25, 0.3) is 0 Å². The van der Waals surface area contributed by atoms with E-state index in [0.29, 0.717) is 11.6 Å². The number of aliphatic hydroxyl groups is 4. The van der Waals surface area contributed by atoms with Crippen molar-refractivity contribution in [3.8, 4) is 0 Å². The number of carbonyl (C=O) groups is 1. The number of nitrogens with one attached hydrogen (secondary N) is 1. The minimum Gasteiger partial charge on any atom is -0.395 e. The van der Waals surface area contributed by atoms with E-state index in [-0.39, 0.29) is 19.0 Å². The Morgan fingerprint density at radius 3 is 2.43 bits per heavy atom. The molecule has 4 unspecified atom stereocenters. The SMILES string of the molecule is O=C(CN1CC(O)C(O)C(O)C1CO)Nc1ccc(CCl)cc1. The lowest BCUT2D eigenvalue weighted by molar-refractivity contribution is -0.149. The standard InChI is InChI=1S/C15H21ClN2O5/c16-5-9-1-3-10(4-2-9)17-13(21)7-18-6-12(20)15(23)14(22)11(18)8-19/h1-4,11-12,14-15,19-20,22-23H,5-8H2,(H,17,21). The van der Waals surface area contributed by atoms with E-state index in [1.54, 1.807) is 24.3 Å². The summed E-state index contributed by atoms with van der Waals surface area (Å²) in [4.78, 5) is 13.6. The van der Waals surface area contributed by atoms with Crippen LogP contribution in [-0.4, -0.2) is 75.3 Å². The van der Waals surface area contributed by atoms with Crippen LogP contribution in [0.3, 0.4) is 0 Å². The number of aliphatic hydroxyl groups excluding tert-OH is 4. The molecule has 7 nitrogen and oxygen atoms in total. The number of hydrogen-bond donors (Lipinski definition) is 5. The molecule has 0 aliphatic carbocycles. The summed E-state index contributed by atoms with van der Waals surface area (Å²) in [5.41, 5.74) is 1.53. The van der Waals surface area contributed by atoms with Crippen LogP contribution in [0.1, 0.15) is 5.56 Å². The normalized spacial score (nSPS) is 28.6. The first-order valence-corrected chi connectivity index (χ1v) is 7.83. The van der Waals surface area contributed by atoms with Crippen molar-refractivity contribution in [3.63, 3.8) is 0 Å². The van der Waals surface area contributed by atoms with Crippen molar-refractivity contribution < 1.29 is 25.2 Å².